The molecule has 1 aromatic rings. The van der Waals surface area contributed by atoms with Crippen molar-refractivity contribution in [3.63, 3.8) is 0 Å². The SMILES string of the molecule is Cc1nc(C#N)c(N=CN(C)C)nc1C. The highest BCUT2D eigenvalue weighted by atomic mass is 15.1. The van der Waals surface area contributed by atoms with Gasteiger partial charge in [-0.15, -0.1) is 0 Å². The molecule has 0 saturated carbocycles. The van der Waals surface area contributed by atoms with Crippen molar-refractivity contribution >= 4 is 12.2 Å². The van der Waals surface area contributed by atoms with Crippen molar-refractivity contribution in [1.82, 2.24) is 14.9 Å². The number of aliphatic imine (C=N–C) groups is 1. The van der Waals surface area contributed by atoms with Crippen LogP contribution in [0, 0.1) is 25.2 Å². The maximum absolute atomic E-state index is 8.86. The van der Waals surface area contributed by atoms with Gasteiger partial charge in [-0.05, 0) is 13.8 Å². The first-order chi connectivity index (χ1) is 7.04. The van der Waals surface area contributed by atoms with E-state index in [0.29, 0.717) is 5.82 Å². The van der Waals surface area contributed by atoms with Gasteiger partial charge >= 0.3 is 0 Å². The molecule has 0 atom stereocenters. The van der Waals surface area contributed by atoms with Crippen molar-refractivity contribution in [3.05, 3.63) is 17.1 Å². The summed E-state index contributed by atoms with van der Waals surface area (Å²) in [7, 11) is 3.70. The van der Waals surface area contributed by atoms with Crippen LogP contribution in [0.15, 0.2) is 4.99 Å². The van der Waals surface area contributed by atoms with E-state index in [9.17, 15) is 0 Å². The molecule has 0 fully saturated rings. The van der Waals surface area contributed by atoms with Crippen molar-refractivity contribution in [2.24, 2.45) is 4.99 Å². The Morgan fingerprint density at radius 3 is 2.40 bits per heavy atom. The molecule has 78 valence electrons. The Morgan fingerprint density at radius 2 is 1.87 bits per heavy atom. The first-order valence-corrected chi connectivity index (χ1v) is 4.50. The molecule has 0 aliphatic heterocycles. The minimum Gasteiger partial charge on any atom is -0.369 e. The fourth-order valence-corrected chi connectivity index (χ4v) is 0.926. The second kappa shape index (κ2) is 4.51. The maximum atomic E-state index is 8.86. The number of nitriles is 1. The van der Waals surface area contributed by atoms with Crippen LogP contribution in [0.3, 0.4) is 0 Å². The van der Waals surface area contributed by atoms with Crippen LogP contribution in [0.5, 0.6) is 0 Å². The van der Waals surface area contributed by atoms with Gasteiger partial charge in [-0.2, -0.15) is 5.26 Å². The molecule has 0 amide bonds. The van der Waals surface area contributed by atoms with E-state index in [4.69, 9.17) is 5.26 Å². The highest BCUT2D eigenvalue weighted by molar-refractivity contribution is 5.61. The lowest BCUT2D eigenvalue weighted by molar-refractivity contribution is 0.643. The van der Waals surface area contributed by atoms with E-state index >= 15 is 0 Å². The van der Waals surface area contributed by atoms with Crippen molar-refractivity contribution in [3.8, 4) is 6.07 Å². The van der Waals surface area contributed by atoms with Gasteiger partial charge in [0.25, 0.3) is 0 Å². The first kappa shape index (κ1) is 11.1. The Balaban J connectivity index is 3.18. The first-order valence-electron chi connectivity index (χ1n) is 4.50. The summed E-state index contributed by atoms with van der Waals surface area (Å²) >= 11 is 0. The molecule has 0 radical (unpaired) electrons. The minimum absolute atomic E-state index is 0.260. The third kappa shape index (κ3) is 2.74. The van der Waals surface area contributed by atoms with E-state index in [-0.39, 0.29) is 5.69 Å². The van der Waals surface area contributed by atoms with E-state index in [2.05, 4.69) is 15.0 Å². The smallest absolute Gasteiger partial charge is 0.190 e. The van der Waals surface area contributed by atoms with E-state index in [0.717, 1.165) is 11.4 Å². The van der Waals surface area contributed by atoms with Crippen molar-refractivity contribution < 1.29 is 0 Å². The molecule has 1 aromatic heterocycles. The summed E-state index contributed by atoms with van der Waals surface area (Å²) in [5.74, 6) is 0.370. The molecule has 15 heavy (non-hydrogen) atoms. The molecule has 0 bridgehead atoms. The number of nitrogens with zero attached hydrogens (tertiary/aromatic N) is 5. The van der Waals surface area contributed by atoms with E-state index in [1.165, 1.54) is 0 Å². The largest absolute Gasteiger partial charge is 0.369 e. The predicted octanol–water partition coefficient (Wildman–Crippen LogP) is 1.19. The number of hydrogen-bond donors (Lipinski definition) is 0. The molecule has 0 N–H and O–H groups in total. The van der Waals surface area contributed by atoms with Crippen LogP contribution in [-0.4, -0.2) is 35.3 Å². The molecule has 0 aromatic carbocycles. The molecule has 0 saturated heterocycles. The van der Waals surface area contributed by atoms with Gasteiger partial charge in [0.2, 0.25) is 0 Å². The van der Waals surface area contributed by atoms with Crippen LogP contribution >= 0.6 is 0 Å². The molecule has 0 aliphatic carbocycles. The number of aryl methyl sites for hydroxylation is 2. The maximum Gasteiger partial charge on any atom is 0.190 e. The molecule has 5 nitrogen and oxygen atoms in total. The average Bonchev–Trinajstić information content (AvgIpc) is 2.19. The molecular weight excluding hydrogens is 190 g/mol. The van der Waals surface area contributed by atoms with E-state index in [1.54, 1.807) is 11.2 Å². The summed E-state index contributed by atoms with van der Waals surface area (Å²) in [6.45, 7) is 3.67. The number of hydrogen-bond acceptors (Lipinski definition) is 4. The van der Waals surface area contributed by atoms with Gasteiger partial charge < -0.3 is 4.90 Å². The van der Waals surface area contributed by atoms with Gasteiger partial charge in [0, 0.05) is 14.1 Å². The molecule has 1 heterocycles. The van der Waals surface area contributed by atoms with Gasteiger partial charge in [0.05, 0.1) is 17.7 Å². The number of rotatable bonds is 2. The Bertz CT molecular complexity index is 428. The standard InChI is InChI=1S/C10H13N5/c1-7-8(2)14-10(9(5-11)13-7)12-6-15(3)4/h6H,1-4H3. The molecule has 1 rings (SSSR count). The molecule has 0 spiro atoms. The van der Waals surface area contributed by atoms with Crippen LogP contribution in [0.1, 0.15) is 17.1 Å². The van der Waals surface area contributed by atoms with E-state index in [1.807, 2.05) is 34.0 Å². The summed E-state index contributed by atoms with van der Waals surface area (Å²) < 4.78 is 0. The summed E-state index contributed by atoms with van der Waals surface area (Å²) in [5, 5.41) is 8.86. The van der Waals surface area contributed by atoms with Crippen LogP contribution in [0.25, 0.3) is 0 Å². The Morgan fingerprint density at radius 1 is 1.27 bits per heavy atom. The Labute approximate surface area is 89.1 Å². The van der Waals surface area contributed by atoms with Crippen LogP contribution in [0.2, 0.25) is 0 Å². The molecule has 0 unspecified atom stereocenters. The van der Waals surface area contributed by atoms with E-state index < -0.39 is 0 Å². The lowest BCUT2D eigenvalue weighted by Crippen LogP contribution is -2.07. The zero-order valence-corrected chi connectivity index (χ0v) is 9.31. The molecule has 5 heteroatoms. The second-order valence-corrected chi connectivity index (χ2v) is 3.39. The predicted molar refractivity (Wildman–Crippen MR) is 58.1 cm³/mol. The van der Waals surface area contributed by atoms with Gasteiger partial charge in [-0.25, -0.2) is 15.0 Å². The summed E-state index contributed by atoms with van der Waals surface area (Å²) in [4.78, 5) is 14.2. The normalized spacial score (nSPS) is 10.3. The second-order valence-electron chi connectivity index (χ2n) is 3.39. The zero-order chi connectivity index (χ0) is 11.4. The van der Waals surface area contributed by atoms with Gasteiger partial charge in [0.1, 0.15) is 6.07 Å². The zero-order valence-electron chi connectivity index (χ0n) is 9.31. The van der Waals surface area contributed by atoms with Crippen LogP contribution in [0.4, 0.5) is 5.82 Å². The fraction of sp³-hybridized carbons (Fsp3) is 0.400. The summed E-state index contributed by atoms with van der Waals surface area (Å²) in [6, 6.07) is 1.98. The molecule has 0 aliphatic rings. The highest BCUT2D eigenvalue weighted by Crippen LogP contribution is 2.14. The lowest BCUT2D eigenvalue weighted by Gasteiger charge is -2.04. The Kier molecular flexibility index (Phi) is 3.34. The number of aromatic nitrogens is 2. The summed E-state index contributed by atoms with van der Waals surface area (Å²) in [5.41, 5.74) is 1.81. The van der Waals surface area contributed by atoms with Gasteiger partial charge in [-0.1, -0.05) is 0 Å². The van der Waals surface area contributed by atoms with Crippen molar-refractivity contribution in [2.45, 2.75) is 13.8 Å². The van der Waals surface area contributed by atoms with Crippen LogP contribution in [-0.2, 0) is 0 Å². The quantitative estimate of drug-likeness (QED) is 0.535. The highest BCUT2D eigenvalue weighted by Gasteiger charge is 2.06. The van der Waals surface area contributed by atoms with Crippen LogP contribution < -0.4 is 0 Å². The molecular formula is C10H13N5. The van der Waals surface area contributed by atoms with Crippen molar-refractivity contribution in [1.29, 1.82) is 5.26 Å². The van der Waals surface area contributed by atoms with Crippen molar-refractivity contribution in [2.75, 3.05) is 14.1 Å². The topological polar surface area (TPSA) is 65.2 Å². The lowest BCUT2D eigenvalue weighted by atomic mass is 10.3. The van der Waals surface area contributed by atoms with Gasteiger partial charge in [0.15, 0.2) is 11.5 Å². The minimum atomic E-state index is 0.260. The third-order valence-corrected chi connectivity index (χ3v) is 1.81. The van der Waals surface area contributed by atoms with Gasteiger partial charge in [-0.3, -0.25) is 0 Å². The third-order valence-electron chi connectivity index (χ3n) is 1.81. The Hall–Kier alpha value is -1.96. The monoisotopic (exact) mass is 203 g/mol. The summed E-state index contributed by atoms with van der Waals surface area (Å²) in [6.07, 6.45) is 1.60. The fourth-order valence-electron chi connectivity index (χ4n) is 0.926. The average molecular weight is 203 g/mol.